The first-order chi connectivity index (χ1) is 16.5. The van der Waals surface area contributed by atoms with Crippen LogP contribution in [-0.2, 0) is 14.4 Å². The Hall–Kier alpha value is -4.08. The quantitative estimate of drug-likeness (QED) is 0.189. The normalized spacial score (nSPS) is 10.4. The molecule has 0 spiro atoms. The summed E-state index contributed by atoms with van der Waals surface area (Å²) in [7, 11) is 1.46. The maximum Gasteiger partial charge on any atom is 0.329 e. The molecule has 0 fully saturated rings. The van der Waals surface area contributed by atoms with Gasteiger partial charge in [-0.15, -0.1) is 0 Å². The summed E-state index contributed by atoms with van der Waals surface area (Å²) in [5, 5.41) is 9.02. The van der Waals surface area contributed by atoms with Crippen LogP contribution in [0.4, 0.5) is 5.69 Å². The Morgan fingerprint density at radius 3 is 2.41 bits per heavy atom. The van der Waals surface area contributed by atoms with Crippen LogP contribution in [-0.4, -0.2) is 50.8 Å². The van der Waals surface area contributed by atoms with Gasteiger partial charge in [0.15, 0.2) is 18.1 Å². The number of carbonyl (C=O) groups excluding carboxylic acids is 3. The van der Waals surface area contributed by atoms with Crippen LogP contribution < -0.4 is 30.3 Å². The number of rotatable bonds is 12. The lowest BCUT2D eigenvalue weighted by Gasteiger charge is -2.12. The van der Waals surface area contributed by atoms with Crippen molar-refractivity contribution in [3.8, 4) is 17.2 Å². The van der Waals surface area contributed by atoms with Gasteiger partial charge in [-0.25, -0.2) is 5.43 Å². The first kappa shape index (κ1) is 26.2. The van der Waals surface area contributed by atoms with E-state index in [1.165, 1.54) is 13.3 Å². The lowest BCUT2D eigenvalue weighted by molar-refractivity contribution is -0.139. The standard InChI is InChI=1S/C24H30N4O6/c1-4-6-13-25-23(30)24(31)28-26-15-17-7-12-20(21(14-17)32-3)34-16-22(29)27-18-8-10-19(11-9-18)33-5-2/h7-12,14-15H,4-6,13,16H2,1-3H3,(H,25,30)(H,27,29)(H,28,31)/b26-15-. The summed E-state index contributed by atoms with van der Waals surface area (Å²) in [5.41, 5.74) is 3.38. The van der Waals surface area contributed by atoms with Gasteiger partial charge < -0.3 is 24.8 Å². The third-order valence-corrected chi connectivity index (χ3v) is 4.40. The van der Waals surface area contributed by atoms with E-state index in [2.05, 4.69) is 21.2 Å². The smallest absolute Gasteiger partial charge is 0.329 e. The lowest BCUT2D eigenvalue weighted by atomic mass is 10.2. The Morgan fingerprint density at radius 2 is 1.74 bits per heavy atom. The van der Waals surface area contributed by atoms with Crippen LogP contribution in [0.15, 0.2) is 47.6 Å². The molecule has 0 saturated carbocycles. The number of anilines is 1. The molecule has 0 unspecified atom stereocenters. The van der Waals surface area contributed by atoms with Gasteiger partial charge in [0.25, 0.3) is 5.91 Å². The van der Waals surface area contributed by atoms with Crippen LogP contribution in [0.3, 0.4) is 0 Å². The molecule has 0 heterocycles. The average Bonchev–Trinajstić information content (AvgIpc) is 2.84. The molecule has 2 aromatic carbocycles. The van der Waals surface area contributed by atoms with Crippen LogP contribution in [0.2, 0.25) is 0 Å². The summed E-state index contributed by atoms with van der Waals surface area (Å²) < 4.78 is 16.3. The highest BCUT2D eigenvalue weighted by molar-refractivity contribution is 6.35. The summed E-state index contributed by atoms with van der Waals surface area (Å²) in [5.74, 6) is -0.466. The topological polar surface area (TPSA) is 127 Å². The van der Waals surface area contributed by atoms with Gasteiger partial charge in [0.1, 0.15) is 5.75 Å². The van der Waals surface area contributed by atoms with E-state index in [1.54, 1.807) is 42.5 Å². The van der Waals surface area contributed by atoms with Gasteiger partial charge >= 0.3 is 11.8 Å². The maximum absolute atomic E-state index is 12.2. The number of methoxy groups -OCH3 is 1. The predicted octanol–water partition coefficient (Wildman–Crippen LogP) is 2.48. The van der Waals surface area contributed by atoms with E-state index in [0.29, 0.717) is 35.9 Å². The minimum absolute atomic E-state index is 0.222. The molecule has 182 valence electrons. The first-order valence-corrected chi connectivity index (χ1v) is 10.9. The fourth-order valence-electron chi connectivity index (χ4n) is 2.70. The number of unbranched alkanes of at least 4 members (excludes halogenated alkanes) is 1. The molecule has 3 N–H and O–H groups in total. The summed E-state index contributed by atoms with van der Waals surface area (Å²) in [4.78, 5) is 35.5. The second kappa shape index (κ2) is 14.1. The molecule has 0 aromatic heterocycles. The van der Waals surface area contributed by atoms with Crippen LogP contribution in [0.1, 0.15) is 32.3 Å². The van der Waals surface area contributed by atoms with Gasteiger partial charge in [0.05, 0.1) is 19.9 Å². The number of nitrogens with zero attached hydrogens (tertiary/aromatic N) is 1. The van der Waals surface area contributed by atoms with Crippen LogP contribution in [0.25, 0.3) is 0 Å². The molecule has 2 rings (SSSR count). The lowest BCUT2D eigenvalue weighted by Crippen LogP contribution is -2.38. The first-order valence-electron chi connectivity index (χ1n) is 10.9. The van der Waals surface area contributed by atoms with Crippen molar-refractivity contribution in [2.75, 3.05) is 32.2 Å². The second-order valence-corrected chi connectivity index (χ2v) is 7.01. The van der Waals surface area contributed by atoms with Crippen molar-refractivity contribution >= 4 is 29.6 Å². The molecular formula is C24H30N4O6. The van der Waals surface area contributed by atoms with E-state index < -0.39 is 11.8 Å². The van der Waals surface area contributed by atoms with E-state index in [1.807, 2.05) is 13.8 Å². The molecule has 10 nitrogen and oxygen atoms in total. The van der Waals surface area contributed by atoms with E-state index in [0.717, 1.165) is 18.6 Å². The average molecular weight is 471 g/mol. The van der Waals surface area contributed by atoms with Gasteiger partial charge in [-0.1, -0.05) is 13.3 Å². The monoisotopic (exact) mass is 470 g/mol. The number of ether oxygens (including phenoxy) is 3. The zero-order valence-electron chi connectivity index (χ0n) is 19.6. The molecular weight excluding hydrogens is 440 g/mol. The summed E-state index contributed by atoms with van der Waals surface area (Å²) in [6, 6.07) is 11.9. The number of hydrogen-bond acceptors (Lipinski definition) is 7. The van der Waals surface area contributed by atoms with E-state index in [9.17, 15) is 14.4 Å². The summed E-state index contributed by atoms with van der Waals surface area (Å²) in [6.45, 7) is 4.66. The number of carbonyl (C=O) groups is 3. The fourth-order valence-corrected chi connectivity index (χ4v) is 2.70. The molecule has 0 bridgehead atoms. The van der Waals surface area contributed by atoms with Crippen molar-refractivity contribution in [3.63, 3.8) is 0 Å². The molecule has 3 amide bonds. The molecule has 0 atom stereocenters. The number of hydrazone groups is 1. The molecule has 0 aliphatic heterocycles. The summed E-state index contributed by atoms with van der Waals surface area (Å²) in [6.07, 6.45) is 3.07. The molecule has 2 aromatic rings. The maximum atomic E-state index is 12.2. The van der Waals surface area contributed by atoms with Gasteiger partial charge in [0, 0.05) is 12.2 Å². The van der Waals surface area contributed by atoms with Gasteiger partial charge in [-0.05, 0) is 61.4 Å². The van der Waals surface area contributed by atoms with Crippen LogP contribution >= 0.6 is 0 Å². The molecule has 0 aliphatic carbocycles. The molecule has 0 saturated heterocycles. The number of nitrogens with one attached hydrogen (secondary N) is 3. The zero-order valence-corrected chi connectivity index (χ0v) is 19.6. The van der Waals surface area contributed by atoms with E-state index in [4.69, 9.17) is 14.2 Å². The highest BCUT2D eigenvalue weighted by Crippen LogP contribution is 2.27. The predicted molar refractivity (Wildman–Crippen MR) is 128 cm³/mol. The van der Waals surface area contributed by atoms with Gasteiger partial charge in [-0.2, -0.15) is 5.10 Å². The van der Waals surface area contributed by atoms with Crippen LogP contribution in [0.5, 0.6) is 17.2 Å². The second-order valence-electron chi connectivity index (χ2n) is 7.01. The van der Waals surface area contributed by atoms with E-state index >= 15 is 0 Å². The SMILES string of the molecule is CCCCNC(=O)C(=O)N/N=C\c1ccc(OCC(=O)Nc2ccc(OCC)cc2)c(OC)c1. The van der Waals surface area contributed by atoms with Crippen molar-refractivity contribution in [3.05, 3.63) is 48.0 Å². The number of benzene rings is 2. The fraction of sp³-hybridized carbons (Fsp3) is 0.333. The number of hydrogen-bond donors (Lipinski definition) is 3. The van der Waals surface area contributed by atoms with Crippen molar-refractivity contribution in [2.24, 2.45) is 5.10 Å². The highest BCUT2D eigenvalue weighted by atomic mass is 16.5. The Kier molecular flexibility index (Phi) is 10.9. The van der Waals surface area contributed by atoms with Crippen molar-refractivity contribution in [1.29, 1.82) is 0 Å². The number of amides is 3. The molecule has 0 aliphatic rings. The summed E-state index contributed by atoms with van der Waals surface area (Å²) >= 11 is 0. The zero-order chi connectivity index (χ0) is 24.8. The van der Waals surface area contributed by atoms with Crippen molar-refractivity contribution in [2.45, 2.75) is 26.7 Å². The Labute approximate surface area is 198 Å². The van der Waals surface area contributed by atoms with E-state index in [-0.39, 0.29) is 12.5 Å². The minimum Gasteiger partial charge on any atom is -0.494 e. The van der Waals surface area contributed by atoms with Crippen LogP contribution in [0, 0.1) is 0 Å². The molecule has 34 heavy (non-hydrogen) atoms. The molecule has 10 heteroatoms. The Bertz CT molecular complexity index is 991. The molecule has 0 radical (unpaired) electrons. The van der Waals surface area contributed by atoms with Gasteiger partial charge in [0.2, 0.25) is 0 Å². The third-order valence-electron chi connectivity index (χ3n) is 4.40. The third kappa shape index (κ3) is 8.81. The van der Waals surface area contributed by atoms with Crippen molar-refractivity contribution < 1.29 is 28.6 Å². The van der Waals surface area contributed by atoms with Crippen molar-refractivity contribution in [1.82, 2.24) is 10.7 Å². The highest BCUT2D eigenvalue weighted by Gasteiger charge is 2.12. The Balaban J connectivity index is 1.86. The minimum atomic E-state index is -0.849. The Morgan fingerprint density at radius 1 is 0.971 bits per heavy atom. The van der Waals surface area contributed by atoms with Gasteiger partial charge in [-0.3, -0.25) is 14.4 Å². The largest absolute Gasteiger partial charge is 0.494 e.